The third kappa shape index (κ3) is 5.29. The van der Waals surface area contributed by atoms with Gasteiger partial charge in [-0.2, -0.15) is 18.3 Å². The molecular weight excluding hydrogens is 371 g/mol. The second-order valence-corrected chi connectivity index (χ2v) is 6.88. The van der Waals surface area contributed by atoms with E-state index in [2.05, 4.69) is 28.0 Å². The zero-order valence-electron chi connectivity index (χ0n) is 14.6. The van der Waals surface area contributed by atoms with Crippen LogP contribution >= 0.6 is 12.2 Å². The number of hydrazone groups is 1. The van der Waals surface area contributed by atoms with Crippen LogP contribution in [-0.2, 0) is 6.18 Å². The third-order valence-electron chi connectivity index (χ3n) is 4.63. The number of benzene rings is 2. The Morgan fingerprint density at radius 1 is 0.963 bits per heavy atom. The largest absolute Gasteiger partial charge is 0.418 e. The van der Waals surface area contributed by atoms with Crippen LogP contribution in [-0.4, -0.2) is 10.8 Å². The summed E-state index contributed by atoms with van der Waals surface area (Å²) in [5.41, 5.74) is 4.15. The average Bonchev–Trinajstić information content (AvgIpc) is 2.67. The number of anilines is 1. The van der Waals surface area contributed by atoms with Gasteiger partial charge in [-0.1, -0.05) is 42.5 Å². The van der Waals surface area contributed by atoms with Crippen LogP contribution in [0, 0.1) is 0 Å². The summed E-state index contributed by atoms with van der Waals surface area (Å²) >= 11 is 5.09. The third-order valence-corrected chi connectivity index (χ3v) is 4.82. The SMILES string of the molecule is FC(F)(F)c1ccccc1NC(=S)NN=C1CCC(c2ccccc2)CC1. The molecule has 0 radical (unpaired) electrons. The highest BCUT2D eigenvalue weighted by molar-refractivity contribution is 7.80. The van der Waals surface area contributed by atoms with Crippen LogP contribution in [0.15, 0.2) is 59.7 Å². The Kier molecular flexibility index (Phi) is 6.11. The van der Waals surface area contributed by atoms with Gasteiger partial charge in [0.05, 0.1) is 11.3 Å². The molecule has 2 aromatic rings. The number of hydrogen-bond donors (Lipinski definition) is 2. The molecule has 0 heterocycles. The average molecular weight is 391 g/mol. The lowest BCUT2D eigenvalue weighted by molar-refractivity contribution is -0.136. The predicted molar refractivity (Wildman–Crippen MR) is 106 cm³/mol. The Balaban J connectivity index is 1.54. The first-order valence-corrected chi connectivity index (χ1v) is 9.18. The fourth-order valence-corrected chi connectivity index (χ4v) is 3.40. The maximum atomic E-state index is 13.0. The van der Waals surface area contributed by atoms with E-state index in [0.29, 0.717) is 5.92 Å². The Morgan fingerprint density at radius 2 is 1.59 bits per heavy atom. The number of alkyl halides is 3. The number of halogens is 3. The summed E-state index contributed by atoms with van der Waals surface area (Å²) < 4.78 is 39.1. The van der Waals surface area contributed by atoms with Crippen molar-refractivity contribution in [2.24, 2.45) is 5.10 Å². The minimum absolute atomic E-state index is 0.0457. The van der Waals surface area contributed by atoms with Gasteiger partial charge in [0.2, 0.25) is 0 Å². The summed E-state index contributed by atoms with van der Waals surface area (Å²) in [6.07, 6.45) is -0.757. The second kappa shape index (κ2) is 8.52. The summed E-state index contributed by atoms with van der Waals surface area (Å²) in [6.45, 7) is 0. The van der Waals surface area contributed by atoms with Crippen LogP contribution in [0.4, 0.5) is 18.9 Å². The highest BCUT2D eigenvalue weighted by Crippen LogP contribution is 2.34. The smallest absolute Gasteiger partial charge is 0.331 e. The van der Waals surface area contributed by atoms with Crippen molar-refractivity contribution in [3.8, 4) is 0 Å². The fraction of sp³-hybridized carbons (Fsp3) is 0.300. The molecule has 1 fully saturated rings. The van der Waals surface area contributed by atoms with Crippen molar-refractivity contribution in [2.75, 3.05) is 5.32 Å². The fourth-order valence-electron chi connectivity index (χ4n) is 3.24. The quantitative estimate of drug-likeness (QED) is 0.520. The molecule has 2 N–H and O–H groups in total. The zero-order chi connectivity index (χ0) is 19.3. The lowest BCUT2D eigenvalue weighted by Gasteiger charge is -2.23. The molecule has 0 aromatic heterocycles. The van der Waals surface area contributed by atoms with Crippen molar-refractivity contribution in [2.45, 2.75) is 37.8 Å². The second-order valence-electron chi connectivity index (χ2n) is 6.47. The van der Waals surface area contributed by atoms with Crippen LogP contribution in [0.5, 0.6) is 0 Å². The summed E-state index contributed by atoms with van der Waals surface area (Å²) in [4.78, 5) is 0. The van der Waals surface area contributed by atoms with Gasteiger partial charge in [0.1, 0.15) is 0 Å². The van der Waals surface area contributed by atoms with E-state index in [1.807, 2.05) is 18.2 Å². The van der Waals surface area contributed by atoms with Gasteiger partial charge in [-0.3, -0.25) is 5.43 Å². The van der Waals surface area contributed by atoms with Crippen LogP contribution in [0.3, 0.4) is 0 Å². The standard InChI is InChI=1S/C20H20F3N3S/c21-20(22,23)17-8-4-5-9-18(17)24-19(27)26-25-16-12-10-15(11-13-16)14-6-2-1-3-7-14/h1-9,15H,10-13H2,(H2,24,26,27). The van der Waals surface area contributed by atoms with E-state index >= 15 is 0 Å². The lowest BCUT2D eigenvalue weighted by atomic mass is 9.83. The molecule has 3 nitrogen and oxygen atoms in total. The number of para-hydroxylation sites is 1. The van der Waals surface area contributed by atoms with Gasteiger partial charge in [0, 0.05) is 5.71 Å². The highest BCUT2D eigenvalue weighted by Gasteiger charge is 2.33. The molecular formula is C20H20F3N3S. The molecule has 2 aromatic carbocycles. The topological polar surface area (TPSA) is 36.4 Å². The molecule has 1 aliphatic carbocycles. The Labute approximate surface area is 161 Å². The minimum Gasteiger partial charge on any atom is -0.331 e. The number of hydrogen-bond acceptors (Lipinski definition) is 2. The monoisotopic (exact) mass is 391 g/mol. The summed E-state index contributed by atoms with van der Waals surface area (Å²) in [5, 5.41) is 6.91. The first-order chi connectivity index (χ1) is 12.9. The molecule has 0 aliphatic heterocycles. The summed E-state index contributed by atoms with van der Waals surface area (Å²) in [5.74, 6) is 0.522. The number of nitrogens with zero attached hydrogens (tertiary/aromatic N) is 1. The van der Waals surface area contributed by atoms with Gasteiger partial charge in [0.15, 0.2) is 5.11 Å². The van der Waals surface area contributed by atoms with Crippen LogP contribution in [0.25, 0.3) is 0 Å². The Morgan fingerprint density at radius 3 is 2.26 bits per heavy atom. The maximum absolute atomic E-state index is 13.0. The summed E-state index contributed by atoms with van der Waals surface area (Å²) in [6, 6.07) is 15.6. The normalized spacial score (nSPS) is 17.3. The number of thiocarbonyl (C=S) groups is 1. The van der Waals surface area contributed by atoms with Crippen molar-refractivity contribution in [1.29, 1.82) is 0 Å². The zero-order valence-corrected chi connectivity index (χ0v) is 15.4. The van der Waals surface area contributed by atoms with Gasteiger partial charge in [-0.05, 0) is 61.5 Å². The minimum atomic E-state index is -4.44. The van der Waals surface area contributed by atoms with E-state index in [-0.39, 0.29) is 10.8 Å². The molecule has 1 saturated carbocycles. The van der Waals surface area contributed by atoms with Gasteiger partial charge in [-0.15, -0.1) is 0 Å². The van der Waals surface area contributed by atoms with E-state index < -0.39 is 11.7 Å². The van der Waals surface area contributed by atoms with Gasteiger partial charge >= 0.3 is 6.18 Å². The lowest BCUT2D eigenvalue weighted by Crippen LogP contribution is -2.27. The Hall–Kier alpha value is -2.41. The molecule has 27 heavy (non-hydrogen) atoms. The van der Waals surface area contributed by atoms with Crippen LogP contribution in [0.1, 0.15) is 42.7 Å². The van der Waals surface area contributed by atoms with Crippen molar-refractivity contribution in [3.63, 3.8) is 0 Å². The molecule has 3 rings (SSSR count). The maximum Gasteiger partial charge on any atom is 0.418 e. The molecule has 0 atom stereocenters. The van der Waals surface area contributed by atoms with Crippen molar-refractivity contribution in [1.82, 2.24) is 5.43 Å². The van der Waals surface area contributed by atoms with E-state index in [1.54, 1.807) is 0 Å². The molecule has 1 aliphatic rings. The summed E-state index contributed by atoms with van der Waals surface area (Å²) in [7, 11) is 0. The number of rotatable bonds is 3. The highest BCUT2D eigenvalue weighted by atomic mass is 32.1. The number of nitrogens with one attached hydrogen (secondary N) is 2. The van der Waals surface area contributed by atoms with Gasteiger partial charge in [-0.25, -0.2) is 0 Å². The molecule has 0 saturated heterocycles. The first kappa shape index (κ1) is 19.4. The van der Waals surface area contributed by atoms with Crippen molar-refractivity contribution < 1.29 is 13.2 Å². The molecule has 0 bridgehead atoms. The molecule has 7 heteroatoms. The molecule has 0 unspecified atom stereocenters. The van der Waals surface area contributed by atoms with E-state index in [1.165, 1.54) is 23.8 Å². The van der Waals surface area contributed by atoms with Gasteiger partial charge in [0.25, 0.3) is 0 Å². The van der Waals surface area contributed by atoms with E-state index in [4.69, 9.17) is 12.2 Å². The van der Waals surface area contributed by atoms with Crippen molar-refractivity contribution in [3.05, 3.63) is 65.7 Å². The van der Waals surface area contributed by atoms with Gasteiger partial charge < -0.3 is 5.32 Å². The van der Waals surface area contributed by atoms with E-state index in [0.717, 1.165) is 37.5 Å². The van der Waals surface area contributed by atoms with E-state index in [9.17, 15) is 13.2 Å². The molecule has 142 valence electrons. The van der Waals surface area contributed by atoms with Crippen LogP contribution in [0.2, 0.25) is 0 Å². The first-order valence-electron chi connectivity index (χ1n) is 8.77. The molecule has 0 spiro atoms. The predicted octanol–water partition coefficient (Wildman–Crippen LogP) is 5.71. The van der Waals surface area contributed by atoms with Crippen molar-refractivity contribution >= 4 is 28.7 Å². The Bertz CT molecular complexity index is 809. The molecule has 0 amide bonds. The van der Waals surface area contributed by atoms with Crippen LogP contribution < -0.4 is 10.7 Å².